The minimum Gasteiger partial charge on any atom is -0.463 e. The van der Waals surface area contributed by atoms with E-state index in [0.29, 0.717) is 12.8 Å². The number of aryl methyl sites for hydroxylation is 1. The third-order valence-electron chi connectivity index (χ3n) is 8.36. The second-order valence-corrected chi connectivity index (χ2v) is 17.8. The van der Waals surface area contributed by atoms with Crippen molar-refractivity contribution in [2.45, 2.75) is 89.9 Å². The summed E-state index contributed by atoms with van der Waals surface area (Å²) in [6, 6.07) is 27.4. The number of esters is 1. The molecule has 0 aliphatic carbocycles. The Balaban J connectivity index is 1.92. The van der Waals surface area contributed by atoms with E-state index in [4.69, 9.17) is 13.9 Å². The van der Waals surface area contributed by atoms with E-state index in [1.165, 1.54) is 6.08 Å². The second-order valence-electron chi connectivity index (χ2n) is 13.0. The molecule has 3 aromatic rings. The Labute approximate surface area is 281 Å². The number of benzene rings is 3. The van der Waals surface area contributed by atoms with Crippen molar-refractivity contribution in [1.29, 1.82) is 0 Å². The molecule has 0 bridgehead atoms. The van der Waals surface area contributed by atoms with Crippen LogP contribution in [0.1, 0.15) is 50.8 Å². The molecule has 3 aromatic carbocycles. The molecule has 0 saturated carbocycles. The molecule has 9 heteroatoms. The van der Waals surface area contributed by atoms with Gasteiger partial charge in [-0.2, -0.15) is 0 Å². The van der Waals surface area contributed by atoms with Crippen molar-refractivity contribution in [2.75, 3.05) is 6.61 Å². The first-order valence-corrected chi connectivity index (χ1v) is 19.2. The highest BCUT2D eigenvalue weighted by atomic mass is 28.4. The first kappa shape index (κ1) is 37.2. The summed E-state index contributed by atoms with van der Waals surface area (Å²) in [5.74, 6) is -0.855. The average Bonchev–Trinajstić information content (AvgIpc) is 3.04. The molecule has 2 amide bonds. The van der Waals surface area contributed by atoms with Crippen LogP contribution in [0.5, 0.6) is 0 Å². The molecule has 47 heavy (non-hydrogen) atoms. The third-order valence-corrected chi connectivity index (χ3v) is 12.8. The van der Waals surface area contributed by atoms with E-state index in [0.717, 1.165) is 16.7 Å². The van der Waals surface area contributed by atoms with Gasteiger partial charge in [0, 0.05) is 12.5 Å². The number of carbonyl (C=O) groups is 3. The van der Waals surface area contributed by atoms with Crippen LogP contribution in [0.25, 0.3) is 0 Å². The fourth-order valence-electron chi connectivity index (χ4n) is 4.67. The predicted octanol–water partition coefficient (Wildman–Crippen LogP) is 7.15. The van der Waals surface area contributed by atoms with Gasteiger partial charge in [-0.1, -0.05) is 112 Å². The lowest BCUT2D eigenvalue weighted by atomic mass is 9.99. The summed E-state index contributed by atoms with van der Waals surface area (Å²) in [6.07, 6.45) is 3.19. The van der Waals surface area contributed by atoms with E-state index < -0.39 is 38.6 Å². The summed E-state index contributed by atoms with van der Waals surface area (Å²) in [5.41, 5.74) is 2.83. The van der Waals surface area contributed by atoms with Crippen molar-refractivity contribution in [2.24, 2.45) is 0 Å². The molecule has 0 radical (unpaired) electrons. The Bertz CT molecular complexity index is 1420. The molecule has 0 aromatic heterocycles. The summed E-state index contributed by atoms with van der Waals surface area (Å²) in [4.78, 5) is 39.6. The maximum atomic E-state index is 14.1. The lowest BCUT2D eigenvalue weighted by Gasteiger charge is -2.41. The minimum atomic E-state index is -2.38. The second kappa shape index (κ2) is 18.2. The van der Waals surface area contributed by atoms with E-state index >= 15 is 0 Å². The molecule has 2 N–H and O–H groups in total. The molecule has 0 spiro atoms. The fourth-order valence-corrected chi connectivity index (χ4v) is 5.95. The molecular formula is C38H50N2O6Si. The lowest BCUT2D eigenvalue weighted by molar-refractivity contribution is -0.137. The van der Waals surface area contributed by atoms with Crippen LogP contribution in [0.2, 0.25) is 18.1 Å². The molecule has 252 valence electrons. The first-order valence-electron chi connectivity index (χ1n) is 16.3. The molecule has 0 aliphatic heterocycles. The van der Waals surface area contributed by atoms with Crippen LogP contribution in [-0.2, 0) is 42.9 Å². The molecule has 0 fully saturated rings. The molecule has 8 nitrogen and oxygen atoms in total. The number of ether oxygens (including phenoxy) is 2. The zero-order valence-electron chi connectivity index (χ0n) is 28.5. The van der Waals surface area contributed by atoms with Gasteiger partial charge in [0.05, 0.1) is 18.8 Å². The maximum absolute atomic E-state index is 14.1. The summed E-state index contributed by atoms with van der Waals surface area (Å²) in [6.45, 7) is 12.8. The van der Waals surface area contributed by atoms with Gasteiger partial charge >= 0.3 is 12.1 Å². The lowest BCUT2D eigenvalue weighted by Crippen LogP contribution is -2.55. The van der Waals surface area contributed by atoms with Crippen LogP contribution in [0, 0.1) is 0 Å². The number of amides is 2. The van der Waals surface area contributed by atoms with Crippen LogP contribution in [0.3, 0.4) is 0 Å². The molecule has 3 atom stereocenters. The Hall–Kier alpha value is -4.21. The number of hydrogen-bond acceptors (Lipinski definition) is 6. The van der Waals surface area contributed by atoms with E-state index in [9.17, 15) is 14.4 Å². The molecule has 0 heterocycles. The topological polar surface area (TPSA) is 103 Å². The zero-order chi connectivity index (χ0) is 34.3. The standard InChI is InChI=1S/C38H50N2O6Si/c1-7-44-35(41)26-25-34(46-47(5,6)38(2,3)4)32(24-23-29-17-11-8-12-18-29)39-36(42)33(27-30-19-13-9-14-20-30)40-37(43)45-28-31-21-15-10-16-22-31/h8-22,25-26,32-34H,7,23-24,27-28H2,1-6H3,(H,39,42)(H,40,43)/b26-25+/t32-,33-,34-/m0/s1. The Morgan fingerprint density at radius 3 is 1.89 bits per heavy atom. The number of hydrogen-bond donors (Lipinski definition) is 2. The van der Waals surface area contributed by atoms with Gasteiger partial charge in [-0.25, -0.2) is 9.59 Å². The third kappa shape index (κ3) is 12.8. The van der Waals surface area contributed by atoms with Gasteiger partial charge in [-0.3, -0.25) is 4.79 Å². The van der Waals surface area contributed by atoms with Gasteiger partial charge < -0.3 is 24.5 Å². The SMILES string of the molecule is CCOC(=O)/C=C/[C@H](O[Si](C)(C)C(C)(C)C)[C@H](CCc1ccccc1)NC(=O)[C@H](Cc1ccccc1)NC(=O)OCc1ccccc1. The van der Waals surface area contributed by atoms with E-state index in [1.807, 2.05) is 91.0 Å². The van der Waals surface area contributed by atoms with E-state index in [2.05, 4.69) is 44.5 Å². The largest absolute Gasteiger partial charge is 0.463 e. The smallest absolute Gasteiger partial charge is 0.408 e. The minimum absolute atomic E-state index is 0.0765. The Morgan fingerprint density at radius 2 is 1.34 bits per heavy atom. The fraction of sp³-hybridized carbons (Fsp3) is 0.395. The van der Waals surface area contributed by atoms with E-state index in [-0.39, 0.29) is 30.6 Å². The van der Waals surface area contributed by atoms with Crippen molar-refractivity contribution >= 4 is 26.3 Å². The highest BCUT2D eigenvalue weighted by molar-refractivity contribution is 6.74. The maximum Gasteiger partial charge on any atom is 0.408 e. The Morgan fingerprint density at radius 1 is 0.787 bits per heavy atom. The van der Waals surface area contributed by atoms with Crippen LogP contribution in [0.4, 0.5) is 4.79 Å². The van der Waals surface area contributed by atoms with Crippen LogP contribution in [-0.4, -0.2) is 51.1 Å². The number of alkyl carbamates (subject to hydrolysis) is 1. The molecule has 0 aliphatic rings. The summed E-state index contributed by atoms with van der Waals surface area (Å²) in [5, 5.41) is 5.87. The first-order chi connectivity index (χ1) is 22.4. The number of rotatable bonds is 16. The van der Waals surface area contributed by atoms with Gasteiger partial charge in [0.25, 0.3) is 0 Å². The van der Waals surface area contributed by atoms with Crippen molar-refractivity contribution in [1.82, 2.24) is 10.6 Å². The average molecular weight is 659 g/mol. The predicted molar refractivity (Wildman–Crippen MR) is 188 cm³/mol. The highest BCUT2D eigenvalue weighted by Gasteiger charge is 2.41. The van der Waals surface area contributed by atoms with Crippen molar-refractivity contribution < 1.29 is 28.3 Å². The molecule has 0 saturated heterocycles. The van der Waals surface area contributed by atoms with Crippen LogP contribution >= 0.6 is 0 Å². The monoisotopic (exact) mass is 658 g/mol. The van der Waals surface area contributed by atoms with Crippen LogP contribution in [0.15, 0.2) is 103 Å². The van der Waals surface area contributed by atoms with Crippen molar-refractivity contribution in [3.8, 4) is 0 Å². The molecule has 3 rings (SSSR count). The van der Waals surface area contributed by atoms with Crippen molar-refractivity contribution in [3.05, 3.63) is 120 Å². The van der Waals surface area contributed by atoms with Gasteiger partial charge in [0.15, 0.2) is 8.32 Å². The van der Waals surface area contributed by atoms with Gasteiger partial charge in [-0.15, -0.1) is 0 Å². The van der Waals surface area contributed by atoms with Gasteiger partial charge in [-0.05, 0) is 60.7 Å². The quantitative estimate of drug-likeness (QED) is 0.0963. The molecular weight excluding hydrogens is 609 g/mol. The summed E-state index contributed by atoms with van der Waals surface area (Å²) < 4.78 is 17.5. The van der Waals surface area contributed by atoms with Crippen LogP contribution < -0.4 is 10.6 Å². The summed E-state index contributed by atoms with van der Waals surface area (Å²) >= 11 is 0. The molecule has 0 unspecified atom stereocenters. The highest BCUT2D eigenvalue weighted by Crippen LogP contribution is 2.38. The van der Waals surface area contributed by atoms with Gasteiger partial charge in [0.1, 0.15) is 12.6 Å². The number of carbonyl (C=O) groups excluding carboxylic acids is 3. The normalized spacial score (nSPS) is 13.7. The van der Waals surface area contributed by atoms with Crippen molar-refractivity contribution in [3.63, 3.8) is 0 Å². The van der Waals surface area contributed by atoms with Gasteiger partial charge in [0.2, 0.25) is 5.91 Å². The number of nitrogens with one attached hydrogen (secondary N) is 2. The Kier molecular flexibility index (Phi) is 14.4. The van der Waals surface area contributed by atoms with E-state index in [1.54, 1.807) is 13.0 Å². The summed E-state index contributed by atoms with van der Waals surface area (Å²) in [7, 11) is -2.38. The zero-order valence-corrected chi connectivity index (χ0v) is 29.5.